The van der Waals surface area contributed by atoms with Crippen molar-refractivity contribution in [3.05, 3.63) is 115 Å². The Morgan fingerprint density at radius 3 is 2.53 bits per heavy atom. The highest BCUT2D eigenvalue weighted by molar-refractivity contribution is 7.07. The number of rotatable bonds is 5. The van der Waals surface area contributed by atoms with E-state index in [2.05, 4.69) is 0 Å². The Kier molecular flexibility index (Phi) is 6.50. The van der Waals surface area contributed by atoms with E-state index in [1.807, 2.05) is 74.5 Å². The van der Waals surface area contributed by atoms with Crippen molar-refractivity contribution in [1.29, 1.82) is 0 Å². The molecule has 0 radical (unpaired) electrons. The van der Waals surface area contributed by atoms with Gasteiger partial charge in [-0.1, -0.05) is 65.9 Å². The van der Waals surface area contributed by atoms with Gasteiger partial charge in [-0.3, -0.25) is 14.2 Å². The maximum absolute atomic E-state index is 14.5. The predicted molar refractivity (Wildman–Crippen MR) is 162 cm³/mol. The number of hydrogen-bond donors (Lipinski definition) is 0. The van der Waals surface area contributed by atoms with Crippen LogP contribution in [0.15, 0.2) is 88.2 Å². The Morgan fingerprint density at radius 1 is 1.02 bits per heavy atom. The summed E-state index contributed by atoms with van der Waals surface area (Å²) in [5.41, 5.74) is 3.32. The summed E-state index contributed by atoms with van der Waals surface area (Å²) in [6.07, 6.45) is 0. The lowest BCUT2D eigenvalue weighted by Gasteiger charge is -2.26. The first-order valence-electron chi connectivity index (χ1n) is 14.0. The zero-order valence-corrected chi connectivity index (χ0v) is 24.5. The molecule has 1 atom stereocenters. The number of hydrogen-bond acceptors (Lipinski definition) is 8. The first kappa shape index (κ1) is 26.9. The first-order valence-corrected chi connectivity index (χ1v) is 14.8. The van der Waals surface area contributed by atoms with Crippen molar-refractivity contribution in [3.63, 3.8) is 0 Å². The van der Waals surface area contributed by atoms with E-state index in [4.69, 9.17) is 19.2 Å². The highest BCUT2D eigenvalue weighted by atomic mass is 32.1. The molecule has 1 aromatic heterocycles. The van der Waals surface area contributed by atoms with E-state index in [1.54, 1.807) is 24.0 Å². The summed E-state index contributed by atoms with van der Waals surface area (Å²) in [6.45, 7) is 5.84. The number of anilines is 1. The Hall–Kier alpha value is -4.96. The summed E-state index contributed by atoms with van der Waals surface area (Å²) in [5.74, 6) is 0.259. The minimum Gasteiger partial charge on any atom is -0.463 e. The standard InChI is InChI=1S/C33H27N3O6S/c1-4-40-32(39)26-27(19-10-6-5-7-11-19)34-33-36(28(26)20-14-15-23-24(16-20)42-17-41-23)31(38)29(43-33)25-21-12-8-9-13-22(21)35(18(2)3)30(25)37/h5-16,18,28H,4,17H2,1-3H3/b29-25+/t28-/m0/s1. The van der Waals surface area contributed by atoms with Crippen molar-refractivity contribution in [3.8, 4) is 11.5 Å². The van der Waals surface area contributed by atoms with Crippen molar-refractivity contribution in [2.75, 3.05) is 18.3 Å². The summed E-state index contributed by atoms with van der Waals surface area (Å²) < 4.78 is 18.5. The summed E-state index contributed by atoms with van der Waals surface area (Å²) in [5, 5.41) is 0. The van der Waals surface area contributed by atoms with Gasteiger partial charge in [-0.2, -0.15) is 0 Å². The van der Waals surface area contributed by atoms with Crippen molar-refractivity contribution >= 4 is 40.2 Å². The van der Waals surface area contributed by atoms with Crippen LogP contribution in [0.5, 0.6) is 11.5 Å². The van der Waals surface area contributed by atoms with Gasteiger partial charge in [-0.05, 0) is 44.5 Å². The third-order valence-corrected chi connectivity index (χ3v) is 8.72. The maximum Gasteiger partial charge on any atom is 0.338 e. The third kappa shape index (κ3) is 4.20. The molecule has 3 aromatic carbocycles. The second-order valence-corrected chi connectivity index (χ2v) is 11.5. The van der Waals surface area contributed by atoms with Gasteiger partial charge in [0.15, 0.2) is 16.3 Å². The molecule has 3 aliphatic heterocycles. The fraction of sp³-hybridized carbons (Fsp3) is 0.212. The zero-order chi connectivity index (χ0) is 29.8. The van der Waals surface area contributed by atoms with Crippen molar-refractivity contribution in [2.24, 2.45) is 4.99 Å². The van der Waals surface area contributed by atoms with Gasteiger partial charge in [-0.15, -0.1) is 0 Å². The van der Waals surface area contributed by atoms with Gasteiger partial charge < -0.3 is 19.1 Å². The van der Waals surface area contributed by atoms with E-state index in [9.17, 15) is 14.4 Å². The Labute approximate surface area is 250 Å². The predicted octanol–water partition coefficient (Wildman–Crippen LogP) is 3.79. The van der Waals surface area contributed by atoms with Crippen LogP contribution >= 0.6 is 11.3 Å². The molecule has 0 saturated carbocycles. The smallest absolute Gasteiger partial charge is 0.338 e. The number of carbonyl (C=O) groups is 2. The normalized spacial score (nSPS) is 18.1. The molecule has 1 amide bonds. The van der Waals surface area contributed by atoms with Crippen molar-refractivity contribution in [1.82, 2.24) is 4.57 Å². The molecule has 0 bridgehead atoms. The number of aromatic nitrogens is 1. The monoisotopic (exact) mass is 593 g/mol. The minimum atomic E-state index is -0.901. The molecule has 0 N–H and O–H groups in total. The molecule has 9 nitrogen and oxygen atoms in total. The van der Waals surface area contributed by atoms with Gasteiger partial charge in [-0.25, -0.2) is 9.79 Å². The van der Waals surface area contributed by atoms with Gasteiger partial charge in [0.25, 0.3) is 11.5 Å². The number of ether oxygens (including phenoxy) is 3. The second-order valence-electron chi connectivity index (χ2n) is 10.5. The summed E-state index contributed by atoms with van der Waals surface area (Å²) in [7, 11) is 0. The Balaban J connectivity index is 1.57. The molecule has 0 fully saturated rings. The van der Waals surface area contributed by atoms with E-state index in [1.165, 1.54) is 4.57 Å². The van der Waals surface area contributed by atoms with E-state index < -0.39 is 17.6 Å². The van der Waals surface area contributed by atoms with Crippen LogP contribution in [-0.4, -0.2) is 35.9 Å². The molecule has 0 spiro atoms. The van der Waals surface area contributed by atoms with E-state index in [0.717, 1.165) is 17.0 Å². The first-order chi connectivity index (χ1) is 20.9. The van der Waals surface area contributed by atoms with Gasteiger partial charge in [0, 0.05) is 17.2 Å². The number of benzene rings is 3. The molecular weight excluding hydrogens is 566 g/mol. The van der Waals surface area contributed by atoms with Crippen molar-refractivity contribution < 1.29 is 23.8 Å². The number of para-hydroxylation sites is 1. The minimum absolute atomic E-state index is 0.0780. The quantitative estimate of drug-likeness (QED) is 0.327. The Morgan fingerprint density at radius 2 is 1.77 bits per heavy atom. The summed E-state index contributed by atoms with van der Waals surface area (Å²) in [4.78, 5) is 49.1. The van der Waals surface area contributed by atoms with Gasteiger partial charge in [0.2, 0.25) is 6.79 Å². The highest BCUT2D eigenvalue weighted by Crippen LogP contribution is 2.40. The number of fused-ring (bicyclic) bond motifs is 3. The Bertz CT molecular complexity index is 2030. The summed E-state index contributed by atoms with van der Waals surface area (Å²) in [6, 6.07) is 21.1. The van der Waals surface area contributed by atoms with Crippen LogP contribution in [0.3, 0.4) is 0 Å². The SMILES string of the molecule is CCOC(=O)C1=C(c2ccccc2)N=c2s/c(=C3/C(=O)N(C(C)C)c4ccccc43)c(=O)n2[C@H]1c1ccc2c(c1)OCO2. The molecule has 43 heavy (non-hydrogen) atoms. The number of nitrogens with zero attached hydrogens (tertiary/aromatic N) is 3. The molecule has 3 aliphatic rings. The van der Waals surface area contributed by atoms with Crippen LogP contribution in [0.1, 0.15) is 43.5 Å². The third-order valence-electron chi connectivity index (χ3n) is 7.67. The molecule has 0 unspecified atom stereocenters. The van der Waals surface area contributed by atoms with Crippen molar-refractivity contribution in [2.45, 2.75) is 32.9 Å². The molecule has 0 aliphatic carbocycles. The highest BCUT2D eigenvalue weighted by Gasteiger charge is 2.39. The number of thiazole rings is 1. The molecule has 216 valence electrons. The van der Waals surface area contributed by atoms with Crippen LogP contribution in [0.2, 0.25) is 0 Å². The fourth-order valence-electron chi connectivity index (χ4n) is 5.86. The van der Waals surface area contributed by atoms with E-state index >= 15 is 0 Å². The number of carbonyl (C=O) groups excluding carboxylic acids is 2. The van der Waals surface area contributed by atoms with Crippen LogP contribution in [0.25, 0.3) is 11.3 Å². The van der Waals surface area contributed by atoms with E-state index in [0.29, 0.717) is 44.3 Å². The van der Waals surface area contributed by atoms with Crippen LogP contribution in [0.4, 0.5) is 5.69 Å². The van der Waals surface area contributed by atoms with E-state index in [-0.39, 0.29) is 35.5 Å². The van der Waals surface area contributed by atoms with Crippen LogP contribution < -0.4 is 29.3 Å². The summed E-state index contributed by atoms with van der Waals surface area (Å²) >= 11 is 1.15. The average molecular weight is 594 g/mol. The topological polar surface area (TPSA) is 99.4 Å². The lowest BCUT2D eigenvalue weighted by molar-refractivity contribution is -0.138. The molecule has 10 heteroatoms. The largest absolute Gasteiger partial charge is 0.463 e. The fourth-order valence-corrected chi connectivity index (χ4v) is 6.95. The molecular formula is C33H27N3O6S. The van der Waals surface area contributed by atoms with Crippen LogP contribution in [0, 0.1) is 0 Å². The molecule has 4 heterocycles. The lowest BCUT2D eigenvalue weighted by atomic mass is 9.93. The number of amides is 1. The van der Waals surface area contributed by atoms with Gasteiger partial charge in [0.1, 0.15) is 4.53 Å². The average Bonchev–Trinajstić information content (AvgIpc) is 3.69. The second kappa shape index (κ2) is 10.4. The molecule has 4 aromatic rings. The lowest BCUT2D eigenvalue weighted by Crippen LogP contribution is -2.41. The van der Waals surface area contributed by atoms with Crippen LogP contribution in [-0.2, 0) is 14.3 Å². The maximum atomic E-state index is 14.5. The van der Waals surface area contributed by atoms with Gasteiger partial charge >= 0.3 is 5.97 Å². The number of esters is 1. The molecule has 7 rings (SSSR count). The molecule has 0 saturated heterocycles. The zero-order valence-electron chi connectivity index (χ0n) is 23.7. The van der Waals surface area contributed by atoms with Gasteiger partial charge in [0.05, 0.1) is 35.2 Å².